The highest BCUT2D eigenvalue weighted by atomic mass is 15.0. The average Bonchev–Trinajstić information content (AvgIpc) is 1.87. The second kappa shape index (κ2) is 1.97. The number of piperidine rings is 2. The van der Waals surface area contributed by atoms with E-state index in [2.05, 4.69) is 19.2 Å². The summed E-state index contributed by atoms with van der Waals surface area (Å²) < 4.78 is 0. The van der Waals surface area contributed by atoms with Gasteiger partial charge in [0.1, 0.15) is 0 Å². The van der Waals surface area contributed by atoms with E-state index in [1.807, 2.05) is 0 Å². The standard InChI is InChI=1S/C9H17N/c1-9(2)5-8-4-3-7(9)6-10-8/h7-8,10H,3-6H2,1-2H3. The van der Waals surface area contributed by atoms with Gasteiger partial charge in [-0.25, -0.2) is 0 Å². The summed E-state index contributed by atoms with van der Waals surface area (Å²) in [5.41, 5.74) is 0.633. The fourth-order valence-corrected chi connectivity index (χ4v) is 2.56. The largest absolute Gasteiger partial charge is 0.314 e. The van der Waals surface area contributed by atoms with Gasteiger partial charge in [0.25, 0.3) is 0 Å². The van der Waals surface area contributed by atoms with Crippen LogP contribution in [0.2, 0.25) is 0 Å². The van der Waals surface area contributed by atoms with Crippen molar-refractivity contribution < 1.29 is 0 Å². The molecule has 2 bridgehead atoms. The number of hydrogen-bond donors (Lipinski definition) is 1. The Bertz CT molecular complexity index is 132. The number of fused-ring (bicyclic) bond motifs is 3. The van der Waals surface area contributed by atoms with Crippen molar-refractivity contribution in [3.63, 3.8) is 0 Å². The van der Waals surface area contributed by atoms with Gasteiger partial charge in [-0.15, -0.1) is 0 Å². The quantitative estimate of drug-likeness (QED) is 0.539. The minimum Gasteiger partial charge on any atom is -0.314 e. The van der Waals surface area contributed by atoms with Crippen LogP contribution < -0.4 is 5.32 Å². The predicted molar refractivity (Wildman–Crippen MR) is 42.9 cm³/mol. The van der Waals surface area contributed by atoms with Gasteiger partial charge in [0.2, 0.25) is 0 Å². The van der Waals surface area contributed by atoms with Crippen molar-refractivity contribution in [2.24, 2.45) is 11.3 Å². The summed E-state index contributed by atoms with van der Waals surface area (Å²) >= 11 is 0. The molecule has 1 heteroatoms. The third kappa shape index (κ3) is 0.878. The van der Waals surface area contributed by atoms with E-state index in [0.29, 0.717) is 5.41 Å². The lowest BCUT2D eigenvalue weighted by Crippen LogP contribution is -2.52. The Hall–Kier alpha value is -0.0400. The SMILES string of the molecule is CC1(C)CC2CCC1CN2. The molecule has 1 aliphatic carbocycles. The van der Waals surface area contributed by atoms with Gasteiger partial charge in [-0.1, -0.05) is 13.8 Å². The summed E-state index contributed by atoms with van der Waals surface area (Å²) in [7, 11) is 0. The Morgan fingerprint density at radius 3 is 2.30 bits per heavy atom. The molecule has 2 heterocycles. The second-order valence-corrected chi connectivity index (χ2v) is 4.57. The van der Waals surface area contributed by atoms with E-state index in [4.69, 9.17) is 0 Å². The Balaban J connectivity index is 2.15. The van der Waals surface area contributed by atoms with E-state index >= 15 is 0 Å². The molecular weight excluding hydrogens is 122 g/mol. The Morgan fingerprint density at radius 2 is 2.10 bits per heavy atom. The summed E-state index contributed by atoms with van der Waals surface area (Å²) in [5, 5.41) is 3.57. The van der Waals surface area contributed by atoms with Gasteiger partial charge in [0.05, 0.1) is 0 Å². The Morgan fingerprint density at radius 1 is 1.30 bits per heavy atom. The van der Waals surface area contributed by atoms with E-state index < -0.39 is 0 Å². The van der Waals surface area contributed by atoms with Crippen LogP contribution in [0, 0.1) is 11.3 Å². The molecule has 58 valence electrons. The van der Waals surface area contributed by atoms with Crippen LogP contribution in [0.25, 0.3) is 0 Å². The molecule has 3 fully saturated rings. The molecule has 10 heavy (non-hydrogen) atoms. The van der Waals surface area contributed by atoms with Crippen LogP contribution >= 0.6 is 0 Å². The zero-order valence-electron chi connectivity index (χ0n) is 6.98. The van der Waals surface area contributed by atoms with Crippen molar-refractivity contribution in [3.8, 4) is 0 Å². The van der Waals surface area contributed by atoms with Crippen molar-refractivity contribution in [1.82, 2.24) is 5.32 Å². The van der Waals surface area contributed by atoms with Gasteiger partial charge in [0, 0.05) is 6.04 Å². The zero-order valence-corrected chi connectivity index (χ0v) is 6.98. The molecule has 0 amide bonds. The van der Waals surface area contributed by atoms with E-state index in [0.717, 1.165) is 12.0 Å². The van der Waals surface area contributed by atoms with E-state index in [9.17, 15) is 0 Å². The highest BCUT2D eigenvalue weighted by Gasteiger charge is 2.40. The predicted octanol–water partition coefficient (Wildman–Crippen LogP) is 1.78. The highest BCUT2D eigenvalue weighted by molar-refractivity contribution is 4.95. The first-order valence-electron chi connectivity index (χ1n) is 4.42. The molecule has 1 saturated carbocycles. The van der Waals surface area contributed by atoms with Crippen molar-refractivity contribution in [1.29, 1.82) is 0 Å². The monoisotopic (exact) mass is 139 g/mol. The van der Waals surface area contributed by atoms with E-state index in [-0.39, 0.29) is 0 Å². The summed E-state index contributed by atoms with van der Waals surface area (Å²) in [6.07, 6.45) is 4.29. The summed E-state index contributed by atoms with van der Waals surface area (Å²) in [5.74, 6) is 0.956. The van der Waals surface area contributed by atoms with Gasteiger partial charge in [-0.3, -0.25) is 0 Å². The van der Waals surface area contributed by atoms with Gasteiger partial charge >= 0.3 is 0 Å². The number of rotatable bonds is 0. The molecule has 3 aliphatic rings. The molecule has 0 aromatic rings. The number of hydrogen-bond acceptors (Lipinski definition) is 1. The van der Waals surface area contributed by atoms with Crippen molar-refractivity contribution in [2.45, 2.75) is 39.2 Å². The third-order valence-electron chi connectivity index (χ3n) is 3.39. The minimum absolute atomic E-state index is 0.633. The zero-order chi connectivity index (χ0) is 7.19. The van der Waals surface area contributed by atoms with E-state index in [1.165, 1.54) is 25.8 Å². The molecule has 3 rings (SSSR count). The third-order valence-corrected chi connectivity index (χ3v) is 3.39. The van der Waals surface area contributed by atoms with Crippen LogP contribution in [0.1, 0.15) is 33.1 Å². The van der Waals surface area contributed by atoms with Crippen LogP contribution in [0.4, 0.5) is 0 Å². The molecular formula is C9H17N. The molecule has 0 spiro atoms. The topological polar surface area (TPSA) is 12.0 Å². The van der Waals surface area contributed by atoms with Crippen molar-refractivity contribution >= 4 is 0 Å². The molecule has 2 aliphatic heterocycles. The molecule has 1 nitrogen and oxygen atoms in total. The van der Waals surface area contributed by atoms with Crippen molar-refractivity contribution in [2.75, 3.05) is 6.54 Å². The lowest BCUT2D eigenvalue weighted by atomic mass is 9.64. The van der Waals surface area contributed by atoms with Gasteiger partial charge in [-0.2, -0.15) is 0 Å². The number of nitrogens with one attached hydrogen (secondary N) is 1. The first-order valence-corrected chi connectivity index (χ1v) is 4.42. The van der Waals surface area contributed by atoms with E-state index in [1.54, 1.807) is 0 Å². The second-order valence-electron chi connectivity index (χ2n) is 4.57. The Kier molecular flexibility index (Phi) is 1.31. The van der Waals surface area contributed by atoms with Crippen LogP contribution in [0.5, 0.6) is 0 Å². The van der Waals surface area contributed by atoms with Crippen LogP contribution in [-0.2, 0) is 0 Å². The Labute approximate surface area is 63.2 Å². The van der Waals surface area contributed by atoms with Crippen LogP contribution in [0.3, 0.4) is 0 Å². The highest BCUT2D eigenvalue weighted by Crippen LogP contribution is 2.43. The fraction of sp³-hybridized carbons (Fsp3) is 1.00. The molecule has 2 unspecified atom stereocenters. The first kappa shape index (κ1) is 6.66. The molecule has 2 saturated heterocycles. The summed E-state index contributed by atoms with van der Waals surface area (Å²) in [4.78, 5) is 0. The van der Waals surface area contributed by atoms with Gasteiger partial charge in [0.15, 0.2) is 0 Å². The first-order chi connectivity index (χ1) is 4.68. The molecule has 0 aromatic carbocycles. The smallest absolute Gasteiger partial charge is 0.00724 e. The molecule has 1 N–H and O–H groups in total. The van der Waals surface area contributed by atoms with Crippen LogP contribution in [0.15, 0.2) is 0 Å². The fourth-order valence-electron chi connectivity index (χ4n) is 2.56. The maximum absolute atomic E-state index is 3.57. The van der Waals surface area contributed by atoms with Crippen molar-refractivity contribution in [3.05, 3.63) is 0 Å². The normalized spacial score (nSPS) is 43.8. The maximum atomic E-state index is 3.57. The van der Waals surface area contributed by atoms with Crippen LogP contribution in [-0.4, -0.2) is 12.6 Å². The molecule has 2 atom stereocenters. The lowest BCUT2D eigenvalue weighted by molar-refractivity contribution is 0.0596. The summed E-state index contributed by atoms with van der Waals surface area (Å²) in [6, 6.07) is 0.847. The molecule has 0 aromatic heterocycles. The maximum Gasteiger partial charge on any atom is 0.00724 e. The van der Waals surface area contributed by atoms with Gasteiger partial charge in [-0.05, 0) is 37.1 Å². The molecule has 0 radical (unpaired) electrons. The average molecular weight is 139 g/mol. The minimum atomic E-state index is 0.633. The lowest BCUT2D eigenvalue weighted by Gasteiger charge is -2.48. The summed E-state index contributed by atoms with van der Waals surface area (Å²) in [6.45, 7) is 6.12. The van der Waals surface area contributed by atoms with Gasteiger partial charge < -0.3 is 5.32 Å².